The number of piperidine rings is 2. The molecule has 2 N–H and O–H groups in total. The van der Waals surface area contributed by atoms with Crippen LogP contribution >= 0.6 is 23.2 Å². The van der Waals surface area contributed by atoms with E-state index in [2.05, 4.69) is 21.5 Å². The third-order valence-corrected chi connectivity index (χ3v) is 8.32. The van der Waals surface area contributed by atoms with Crippen LogP contribution in [0.4, 0.5) is 17.6 Å². The van der Waals surface area contributed by atoms with Gasteiger partial charge in [-0.1, -0.05) is 61.3 Å². The molecule has 0 radical (unpaired) electrons. The van der Waals surface area contributed by atoms with E-state index in [0.717, 1.165) is 44.2 Å². The number of rotatable bonds is 6. The summed E-state index contributed by atoms with van der Waals surface area (Å²) in [5.74, 6) is -2.05. The maximum atomic E-state index is 14.3. The fraction of sp³-hybridized carbons (Fsp3) is 0.571. The maximum Gasteiger partial charge on any atom is 0.573 e. The smallest absolute Gasteiger partial charge is 0.403 e. The van der Waals surface area contributed by atoms with Crippen LogP contribution in [0, 0.1) is 5.82 Å². The SMILES string of the molecule is CCCN1CCC(O)(c2cccc(OC(F)(F)F)c2F)CC1.CCN1CCC(O)(c2cccc(Cl)c2Cl)CC1. The van der Waals surface area contributed by atoms with Crippen LogP contribution in [-0.2, 0) is 11.2 Å². The Kier molecular flexibility index (Phi) is 10.9. The highest BCUT2D eigenvalue weighted by Crippen LogP contribution is 2.40. The van der Waals surface area contributed by atoms with Crippen molar-refractivity contribution in [2.75, 3.05) is 39.3 Å². The van der Waals surface area contributed by atoms with E-state index in [9.17, 15) is 27.8 Å². The van der Waals surface area contributed by atoms with E-state index >= 15 is 0 Å². The number of hydrogen-bond donors (Lipinski definition) is 2. The second-order valence-electron chi connectivity index (χ2n) is 10.1. The number of alkyl halides is 3. The topological polar surface area (TPSA) is 56.2 Å². The summed E-state index contributed by atoms with van der Waals surface area (Å²) in [6.07, 6.45) is -2.02. The Bertz CT molecular complexity index is 1090. The van der Waals surface area contributed by atoms with E-state index in [4.69, 9.17) is 23.2 Å². The van der Waals surface area contributed by atoms with Gasteiger partial charge in [-0.3, -0.25) is 0 Å². The number of hydrogen-bond acceptors (Lipinski definition) is 5. The molecule has 0 bridgehead atoms. The first kappa shape index (κ1) is 31.9. The lowest BCUT2D eigenvalue weighted by atomic mass is 9.84. The molecule has 0 aliphatic carbocycles. The van der Waals surface area contributed by atoms with Crippen molar-refractivity contribution in [1.29, 1.82) is 0 Å². The Balaban J connectivity index is 0.000000223. The largest absolute Gasteiger partial charge is 0.573 e. The lowest BCUT2D eigenvalue weighted by molar-refractivity contribution is -0.275. The molecule has 2 saturated heterocycles. The van der Waals surface area contributed by atoms with Crippen LogP contribution in [0.15, 0.2) is 36.4 Å². The minimum atomic E-state index is -4.97. The molecule has 2 fully saturated rings. The minimum Gasteiger partial charge on any atom is -0.403 e. The summed E-state index contributed by atoms with van der Waals surface area (Å²) in [5.41, 5.74) is -1.65. The molecule has 39 heavy (non-hydrogen) atoms. The zero-order chi connectivity index (χ0) is 28.8. The van der Waals surface area contributed by atoms with Crippen molar-refractivity contribution in [3.8, 4) is 5.75 Å². The van der Waals surface area contributed by atoms with Gasteiger partial charge in [-0.25, -0.2) is 4.39 Å². The molecule has 2 aliphatic heterocycles. The van der Waals surface area contributed by atoms with Gasteiger partial charge in [0.05, 0.1) is 21.2 Å². The molecule has 2 aliphatic rings. The molecule has 2 aromatic rings. The Morgan fingerprint density at radius 3 is 1.90 bits per heavy atom. The van der Waals surface area contributed by atoms with Crippen molar-refractivity contribution in [3.05, 3.63) is 63.4 Å². The van der Waals surface area contributed by atoms with Gasteiger partial charge in [0.15, 0.2) is 11.6 Å². The van der Waals surface area contributed by atoms with Crippen molar-refractivity contribution in [2.24, 2.45) is 0 Å². The van der Waals surface area contributed by atoms with Crippen molar-refractivity contribution in [2.45, 2.75) is 63.5 Å². The van der Waals surface area contributed by atoms with Crippen LogP contribution in [-0.4, -0.2) is 65.6 Å². The number of nitrogens with zero attached hydrogens (tertiary/aromatic N) is 2. The van der Waals surface area contributed by atoms with Gasteiger partial charge in [0.1, 0.15) is 0 Å². The predicted octanol–water partition coefficient (Wildman–Crippen LogP) is 6.71. The molecule has 0 aromatic heterocycles. The molecule has 218 valence electrons. The predicted molar refractivity (Wildman–Crippen MR) is 145 cm³/mol. The molecule has 2 aromatic carbocycles. The molecule has 0 amide bonds. The quantitative estimate of drug-likeness (QED) is 0.364. The molecule has 2 heterocycles. The van der Waals surface area contributed by atoms with Crippen LogP contribution in [0.5, 0.6) is 5.75 Å². The Hall–Kier alpha value is -1.62. The van der Waals surface area contributed by atoms with Gasteiger partial charge in [0, 0.05) is 37.3 Å². The minimum absolute atomic E-state index is 0.134. The third-order valence-electron chi connectivity index (χ3n) is 7.50. The average molecular weight is 596 g/mol. The second kappa shape index (κ2) is 13.4. The number of halogens is 6. The number of aliphatic hydroxyl groups is 2. The Labute approximate surface area is 237 Å². The fourth-order valence-electron chi connectivity index (χ4n) is 5.18. The van der Waals surface area contributed by atoms with Crippen LogP contribution in [0.2, 0.25) is 10.0 Å². The van der Waals surface area contributed by atoms with Gasteiger partial charge in [-0.05, 0) is 57.3 Å². The van der Waals surface area contributed by atoms with Gasteiger partial charge >= 0.3 is 6.36 Å². The highest BCUT2D eigenvalue weighted by Gasteiger charge is 2.39. The summed E-state index contributed by atoms with van der Waals surface area (Å²) in [5, 5.41) is 22.3. The number of likely N-dealkylation sites (tertiary alicyclic amines) is 2. The van der Waals surface area contributed by atoms with Gasteiger partial charge in [0.2, 0.25) is 0 Å². The normalized spacial score (nSPS) is 19.7. The first-order valence-corrected chi connectivity index (χ1v) is 14.0. The average Bonchev–Trinajstić information content (AvgIpc) is 2.88. The lowest BCUT2D eigenvalue weighted by Gasteiger charge is -2.38. The molecular weight excluding hydrogens is 559 g/mol. The summed E-state index contributed by atoms with van der Waals surface area (Å²) in [6.45, 7) is 9.04. The first-order chi connectivity index (χ1) is 18.3. The van der Waals surface area contributed by atoms with E-state index in [0.29, 0.717) is 36.0 Å². The molecule has 4 rings (SSSR count). The van der Waals surface area contributed by atoms with Gasteiger partial charge < -0.3 is 24.7 Å². The summed E-state index contributed by atoms with van der Waals surface area (Å²) < 4.78 is 54.8. The summed E-state index contributed by atoms with van der Waals surface area (Å²) in [6, 6.07) is 8.94. The van der Waals surface area contributed by atoms with Crippen molar-refractivity contribution in [3.63, 3.8) is 0 Å². The van der Waals surface area contributed by atoms with Gasteiger partial charge in [0.25, 0.3) is 0 Å². The van der Waals surface area contributed by atoms with Gasteiger partial charge in [-0.2, -0.15) is 0 Å². The maximum absolute atomic E-state index is 14.3. The lowest BCUT2D eigenvalue weighted by Crippen LogP contribution is -2.43. The van der Waals surface area contributed by atoms with Gasteiger partial charge in [-0.15, -0.1) is 13.2 Å². The molecule has 0 unspecified atom stereocenters. The highest BCUT2D eigenvalue weighted by atomic mass is 35.5. The van der Waals surface area contributed by atoms with Crippen LogP contribution < -0.4 is 4.74 Å². The first-order valence-electron chi connectivity index (χ1n) is 13.2. The van der Waals surface area contributed by atoms with Crippen molar-refractivity contribution < 1.29 is 32.5 Å². The van der Waals surface area contributed by atoms with E-state index < -0.39 is 29.1 Å². The Morgan fingerprint density at radius 2 is 1.36 bits per heavy atom. The second-order valence-corrected chi connectivity index (χ2v) is 10.9. The summed E-state index contributed by atoms with van der Waals surface area (Å²) in [4.78, 5) is 4.47. The summed E-state index contributed by atoms with van der Waals surface area (Å²) >= 11 is 12.2. The van der Waals surface area contributed by atoms with Crippen LogP contribution in [0.1, 0.15) is 57.1 Å². The Morgan fingerprint density at radius 1 is 0.846 bits per heavy atom. The summed E-state index contributed by atoms with van der Waals surface area (Å²) in [7, 11) is 0. The molecular formula is C28H36Cl2F4N2O3. The molecule has 0 saturated carbocycles. The molecule has 11 heteroatoms. The van der Waals surface area contributed by atoms with E-state index in [1.807, 2.05) is 19.1 Å². The van der Waals surface area contributed by atoms with Crippen LogP contribution in [0.25, 0.3) is 0 Å². The van der Waals surface area contributed by atoms with E-state index in [1.54, 1.807) is 6.07 Å². The van der Waals surface area contributed by atoms with E-state index in [1.165, 1.54) is 12.1 Å². The zero-order valence-corrected chi connectivity index (χ0v) is 23.7. The standard InChI is InChI=1S/C15H19F4NO2.C13H17Cl2NO/c1-2-8-20-9-6-14(21,7-10-20)11-4-3-5-12(13(11)16)22-15(17,18)19;1-2-16-8-6-13(17,7-9-16)10-4-3-5-11(14)12(10)15/h3-5,21H,2,6-10H2,1H3;3-5,17H,2,6-9H2,1H3. The number of benzene rings is 2. The fourth-order valence-corrected chi connectivity index (χ4v) is 5.65. The van der Waals surface area contributed by atoms with Crippen molar-refractivity contribution >= 4 is 23.2 Å². The molecule has 0 atom stereocenters. The van der Waals surface area contributed by atoms with E-state index in [-0.39, 0.29) is 18.4 Å². The van der Waals surface area contributed by atoms with Crippen LogP contribution in [0.3, 0.4) is 0 Å². The third kappa shape index (κ3) is 8.21. The number of ether oxygens (including phenoxy) is 1. The molecule has 0 spiro atoms. The zero-order valence-electron chi connectivity index (χ0n) is 22.2. The van der Waals surface area contributed by atoms with Crippen molar-refractivity contribution in [1.82, 2.24) is 9.80 Å². The molecule has 5 nitrogen and oxygen atoms in total. The monoisotopic (exact) mass is 594 g/mol. The highest BCUT2D eigenvalue weighted by molar-refractivity contribution is 6.42.